The van der Waals surface area contributed by atoms with Gasteiger partial charge in [0.1, 0.15) is 5.75 Å². The van der Waals surface area contributed by atoms with E-state index in [1.165, 1.54) is 4.90 Å². The molecule has 3 unspecified atom stereocenters. The van der Waals surface area contributed by atoms with Gasteiger partial charge in [0.25, 0.3) is 0 Å². The fourth-order valence-corrected chi connectivity index (χ4v) is 8.38. The number of hydrogen-bond acceptors (Lipinski definition) is 7. The molecule has 0 aromatic heterocycles. The van der Waals surface area contributed by atoms with Gasteiger partial charge in [-0.2, -0.15) is 0 Å². The zero-order chi connectivity index (χ0) is 22.6. The van der Waals surface area contributed by atoms with Gasteiger partial charge >= 0.3 is 0 Å². The van der Waals surface area contributed by atoms with E-state index in [0.29, 0.717) is 22.9 Å². The lowest BCUT2D eigenvalue weighted by atomic mass is 10.0. The van der Waals surface area contributed by atoms with Crippen LogP contribution < -0.4 is 16.0 Å². The highest BCUT2D eigenvalue weighted by molar-refractivity contribution is 7.99. The zero-order valence-corrected chi connectivity index (χ0v) is 20.2. The molecule has 0 fully saturated rings. The second kappa shape index (κ2) is 8.16. The SMILES string of the molecule is O=S1(=O)CCNc2cc(C3C[S+]([O-])c4ccc(C5CSc6ccccc6N5)cc4N3)ccc21. The molecule has 3 aliphatic heterocycles. The van der Waals surface area contributed by atoms with Crippen molar-refractivity contribution >= 4 is 49.8 Å². The lowest BCUT2D eigenvalue weighted by Crippen LogP contribution is -2.29. The van der Waals surface area contributed by atoms with Gasteiger partial charge in [-0.25, -0.2) is 8.42 Å². The standard InChI is InChI=1S/C24H23N3O3S3/c28-32-14-21(16-6-8-24-19(12-16)25-9-10-33(24,29)30)27-18-11-15(5-7-23(18)32)20-13-31-22-4-2-1-3-17(22)26-20/h1-8,11-12,20-21,25-27H,9-10,13-14H2. The lowest BCUT2D eigenvalue weighted by Gasteiger charge is -2.31. The van der Waals surface area contributed by atoms with E-state index in [4.69, 9.17) is 0 Å². The van der Waals surface area contributed by atoms with Crippen LogP contribution in [0.3, 0.4) is 0 Å². The third-order valence-electron chi connectivity index (χ3n) is 6.35. The Balaban J connectivity index is 1.29. The molecule has 9 heteroatoms. The van der Waals surface area contributed by atoms with Gasteiger partial charge in [-0.3, -0.25) is 0 Å². The van der Waals surface area contributed by atoms with Crippen molar-refractivity contribution in [2.45, 2.75) is 26.8 Å². The fraction of sp³-hybridized carbons (Fsp3) is 0.250. The van der Waals surface area contributed by atoms with Crippen LogP contribution >= 0.6 is 11.8 Å². The first kappa shape index (κ1) is 21.2. The summed E-state index contributed by atoms with van der Waals surface area (Å²) in [6.07, 6.45) is 0. The molecule has 3 heterocycles. The summed E-state index contributed by atoms with van der Waals surface area (Å²) in [4.78, 5) is 2.42. The minimum Gasteiger partial charge on any atom is -0.611 e. The van der Waals surface area contributed by atoms with E-state index in [2.05, 4.69) is 46.3 Å². The molecule has 0 bridgehead atoms. The summed E-state index contributed by atoms with van der Waals surface area (Å²) in [7, 11) is -3.24. The van der Waals surface area contributed by atoms with E-state index < -0.39 is 21.0 Å². The average molecular weight is 498 g/mol. The number of sulfone groups is 1. The molecular weight excluding hydrogens is 474 g/mol. The Labute approximate surface area is 200 Å². The van der Waals surface area contributed by atoms with Crippen molar-refractivity contribution in [1.82, 2.24) is 0 Å². The minimum absolute atomic E-state index is 0.110. The predicted octanol–water partition coefficient (Wildman–Crippen LogP) is 4.42. The number of fused-ring (bicyclic) bond motifs is 3. The smallest absolute Gasteiger partial charge is 0.182 e. The van der Waals surface area contributed by atoms with Crippen LogP contribution in [0.15, 0.2) is 75.4 Å². The van der Waals surface area contributed by atoms with E-state index in [1.54, 1.807) is 6.07 Å². The van der Waals surface area contributed by atoms with Crippen molar-refractivity contribution in [2.75, 3.05) is 39.8 Å². The van der Waals surface area contributed by atoms with Crippen molar-refractivity contribution in [3.05, 3.63) is 71.8 Å². The predicted molar refractivity (Wildman–Crippen MR) is 135 cm³/mol. The maximum atomic E-state index is 13.1. The number of para-hydroxylation sites is 1. The normalized spacial score (nSPS) is 24.8. The summed E-state index contributed by atoms with van der Waals surface area (Å²) in [5.41, 5.74) is 4.74. The first-order chi connectivity index (χ1) is 16.0. The summed E-state index contributed by atoms with van der Waals surface area (Å²) < 4.78 is 37.7. The first-order valence-corrected chi connectivity index (χ1v) is 14.8. The third kappa shape index (κ3) is 3.86. The Hall–Kier alpha value is -2.33. The molecular formula is C24H23N3O3S3. The first-order valence-electron chi connectivity index (χ1n) is 10.9. The van der Waals surface area contributed by atoms with Crippen molar-refractivity contribution < 1.29 is 13.0 Å². The molecule has 0 saturated heterocycles. The van der Waals surface area contributed by atoms with Gasteiger partial charge < -0.3 is 20.5 Å². The molecule has 0 amide bonds. The van der Waals surface area contributed by atoms with Gasteiger partial charge in [0, 0.05) is 22.9 Å². The van der Waals surface area contributed by atoms with Crippen molar-refractivity contribution in [3.63, 3.8) is 0 Å². The third-order valence-corrected chi connectivity index (χ3v) is 10.8. The van der Waals surface area contributed by atoms with Gasteiger partial charge in [0.2, 0.25) is 0 Å². The number of anilines is 3. The lowest BCUT2D eigenvalue weighted by molar-refractivity contribution is 0.585. The van der Waals surface area contributed by atoms with Gasteiger partial charge in [-0.1, -0.05) is 24.3 Å². The molecule has 6 rings (SSSR count). The highest BCUT2D eigenvalue weighted by atomic mass is 32.2. The Morgan fingerprint density at radius 2 is 1.67 bits per heavy atom. The Bertz CT molecular complexity index is 1350. The van der Waals surface area contributed by atoms with Crippen LogP contribution in [0.4, 0.5) is 17.1 Å². The van der Waals surface area contributed by atoms with Crippen molar-refractivity contribution in [1.29, 1.82) is 0 Å². The maximum absolute atomic E-state index is 13.1. The van der Waals surface area contributed by atoms with Gasteiger partial charge in [-0.05, 0) is 58.7 Å². The van der Waals surface area contributed by atoms with Gasteiger partial charge in [0.15, 0.2) is 14.7 Å². The summed E-state index contributed by atoms with van der Waals surface area (Å²) in [5.74, 6) is 1.48. The van der Waals surface area contributed by atoms with Crippen LogP contribution in [0, 0.1) is 0 Å². The zero-order valence-electron chi connectivity index (χ0n) is 17.7. The number of thioether (sulfide) groups is 1. The number of benzene rings is 3. The number of nitrogens with one attached hydrogen (secondary N) is 3. The number of hydrogen-bond donors (Lipinski definition) is 3. The second-order valence-electron chi connectivity index (χ2n) is 8.47. The average Bonchev–Trinajstić information content (AvgIpc) is 2.83. The molecule has 0 saturated carbocycles. The van der Waals surface area contributed by atoms with Crippen molar-refractivity contribution in [2.24, 2.45) is 0 Å². The van der Waals surface area contributed by atoms with Crippen LogP contribution in [-0.4, -0.2) is 36.8 Å². The van der Waals surface area contributed by atoms with E-state index in [9.17, 15) is 13.0 Å². The van der Waals surface area contributed by atoms with Gasteiger partial charge in [0.05, 0.1) is 34.1 Å². The molecule has 3 atom stereocenters. The van der Waals surface area contributed by atoms with E-state index >= 15 is 0 Å². The molecule has 0 radical (unpaired) electrons. The minimum atomic E-state index is -3.24. The maximum Gasteiger partial charge on any atom is 0.182 e. The van der Waals surface area contributed by atoms with Crippen LogP contribution in [0.25, 0.3) is 0 Å². The quantitative estimate of drug-likeness (QED) is 0.451. The van der Waals surface area contributed by atoms with E-state index in [1.807, 2.05) is 36.0 Å². The molecule has 3 aliphatic rings. The van der Waals surface area contributed by atoms with E-state index in [-0.39, 0.29) is 17.8 Å². The van der Waals surface area contributed by atoms with Crippen LogP contribution in [0.1, 0.15) is 23.2 Å². The molecule has 3 aromatic rings. The second-order valence-corrected chi connectivity index (χ2v) is 13.1. The molecule has 33 heavy (non-hydrogen) atoms. The summed E-state index contributed by atoms with van der Waals surface area (Å²) in [5, 5.41) is 10.4. The highest BCUT2D eigenvalue weighted by Crippen LogP contribution is 2.41. The van der Waals surface area contributed by atoms with Crippen LogP contribution in [0.5, 0.6) is 0 Å². The summed E-state index contributed by atoms with van der Waals surface area (Å²) in [6.45, 7) is 0.407. The summed E-state index contributed by atoms with van der Waals surface area (Å²) >= 11 is 0.702. The van der Waals surface area contributed by atoms with Gasteiger partial charge in [-0.15, -0.1) is 11.8 Å². The molecule has 3 N–H and O–H groups in total. The fourth-order valence-electron chi connectivity index (χ4n) is 4.62. The molecule has 3 aromatic carbocycles. The molecule has 0 aliphatic carbocycles. The van der Waals surface area contributed by atoms with E-state index in [0.717, 1.165) is 33.2 Å². The largest absolute Gasteiger partial charge is 0.611 e. The van der Waals surface area contributed by atoms with Crippen molar-refractivity contribution in [3.8, 4) is 0 Å². The summed E-state index contributed by atoms with van der Waals surface area (Å²) in [6, 6.07) is 19.9. The van der Waals surface area contributed by atoms with Crippen LogP contribution in [-0.2, 0) is 21.0 Å². The monoisotopic (exact) mass is 497 g/mol. The topological polar surface area (TPSA) is 93.3 Å². The Morgan fingerprint density at radius 1 is 0.909 bits per heavy atom. The molecule has 0 spiro atoms. The Morgan fingerprint density at radius 3 is 2.58 bits per heavy atom. The highest BCUT2D eigenvalue weighted by Gasteiger charge is 2.32. The Kier molecular flexibility index (Phi) is 5.25. The molecule has 6 nitrogen and oxygen atoms in total. The molecule has 170 valence electrons. The number of rotatable bonds is 2. The van der Waals surface area contributed by atoms with Crippen LogP contribution in [0.2, 0.25) is 0 Å².